The average molecular weight is 247 g/mol. The summed E-state index contributed by atoms with van der Waals surface area (Å²) in [5, 5.41) is 3.25. The SMILES string of the molecule is Cl.NC1(C(=O)Nc2ccccc2Cl)CC1. The Bertz CT molecular complexity index is 377. The number of amides is 1. The molecule has 3 nitrogen and oxygen atoms in total. The van der Waals surface area contributed by atoms with Gasteiger partial charge in [-0.25, -0.2) is 0 Å². The van der Waals surface area contributed by atoms with Gasteiger partial charge in [0.05, 0.1) is 16.2 Å². The fourth-order valence-electron chi connectivity index (χ4n) is 1.17. The second-order valence-corrected chi connectivity index (χ2v) is 4.00. The molecule has 1 aromatic carbocycles. The van der Waals surface area contributed by atoms with Gasteiger partial charge in [-0.05, 0) is 25.0 Å². The number of nitrogens with one attached hydrogen (secondary N) is 1. The third-order valence-corrected chi connectivity index (χ3v) is 2.69. The van der Waals surface area contributed by atoms with Crippen LogP contribution in [0.5, 0.6) is 0 Å². The fraction of sp³-hybridized carbons (Fsp3) is 0.300. The van der Waals surface area contributed by atoms with Crippen LogP contribution in [0.15, 0.2) is 24.3 Å². The number of para-hydroxylation sites is 1. The van der Waals surface area contributed by atoms with Crippen molar-refractivity contribution < 1.29 is 4.79 Å². The predicted molar refractivity (Wildman–Crippen MR) is 63.5 cm³/mol. The van der Waals surface area contributed by atoms with Crippen LogP contribution in [-0.2, 0) is 4.79 Å². The van der Waals surface area contributed by atoms with Crippen LogP contribution in [-0.4, -0.2) is 11.4 Å². The lowest BCUT2D eigenvalue weighted by Crippen LogP contribution is -2.37. The molecule has 1 aliphatic carbocycles. The van der Waals surface area contributed by atoms with E-state index >= 15 is 0 Å². The summed E-state index contributed by atoms with van der Waals surface area (Å²) in [5.74, 6) is -0.148. The molecule has 1 amide bonds. The third kappa shape index (κ3) is 2.62. The van der Waals surface area contributed by atoms with Crippen LogP contribution < -0.4 is 11.1 Å². The Morgan fingerprint density at radius 2 is 2.00 bits per heavy atom. The highest BCUT2D eigenvalue weighted by Gasteiger charge is 2.46. The maximum absolute atomic E-state index is 11.6. The van der Waals surface area contributed by atoms with E-state index in [-0.39, 0.29) is 18.3 Å². The number of nitrogens with two attached hydrogens (primary N) is 1. The number of benzene rings is 1. The Morgan fingerprint density at radius 3 is 2.53 bits per heavy atom. The van der Waals surface area contributed by atoms with Crippen molar-refractivity contribution >= 4 is 35.6 Å². The minimum atomic E-state index is -0.654. The van der Waals surface area contributed by atoms with Crippen molar-refractivity contribution in [1.29, 1.82) is 0 Å². The monoisotopic (exact) mass is 246 g/mol. The van der Waals surface area contributed by atoms with Gasteiger partial charge in [0.25, 0.3) is 0 Å². The normalized spacial score (nSPS) is 16.4. The van der Waals surface area contributed by atoms with Crippen molar-refractivity contribution in [2.75, 3.05) is 5.32 Å². The van der Waals surface area contributed by atoms with Crippen molar-refractivity contribution in [3.8, 4) is 0 Å². The summed E-state index contributed by atoms with van der Waals surface area (Å²) in [6.07, 6.45) is 1.51. The van der Waals surface area contributed by atoms with Crippen molar-refractivity contribution in [2.45, 2.75) is 18.4 Å². The maximum Gasteiger partial charge on any atom is 0.244 e. The summed E-state index contributed by atoms with van der Waals surface area (Å²) in [6.45, 7) is 0. The zero-order valence-corrected chi connectivity index (χ0v) is 9.57. The molecule has 0 atom stereocenters. The molecule has 5 heteroatoms. The quantitative estimate of drug-likeness (QED) is 0.841. The summed E-state index contributed by atoms with van der Waals surface area (Å²) in [6, 6.07) is 7.12. The van der Waals surface area contributed by atoms with Gasteiger partial charge >= 0.3 is 0 Å². The van der Waals surface area contributed by atoms with Gasteiger partial charge in [-0.15, -0.1) is 12.4 Å². The summed E-state index contributed by atoms with van der Waals surface area (Å²) in [5.41, 5.74) is 5.70. The van der Waals surface area contributed by atoms with E-state index in [4.69, 9.17) is 17.3 Å². The number of anilines is 1. The average Bonchev–Trinajstić information content (AvgIpc) is 2.89. The van der Waals surface area contributed by atoms with E-state index in [0.717, 1.165) is 12.8 Å². The first kappa shape index (κ1) is 12.3. The van der Waals surface area contributed by atoms with Crippen LogP contribution in [0.3, 0.4) is 0 Å². The maximum atomic E-state index is 11.6. The van der Waals surface area contributed by atoms with E-state index in [1.807, 2.05) is 12.1 Å². The molecule has 0 bridgehead atoms. The van der Waals surface area contributed by atoms with Crippen LogP contribution in [0.4, 0.5) is 5.69 Å². The number of carbonyl (C=O) groups is 1. The minimum Gasteiger partial charge on any atom is -0.323 e. The molecule has 1 saturated carbocycles. The Kier molecular flexibility index (Phi) is 3.60. The summed E-state index contributed by atoms with van der Waals surface area (Å²) in [7, 11) is 0. The van der Waals surface area contributed by atoms with Crippen LogP contribution in [0, 0.1) is 0 Å². The Morgan fingerprint density at radius 1 is 1.40 bits per heavy atom. The van der Waals surface area contributed by atoms with E-state index in [2.05, 4.69) is 5.32 Å². The van der Waals surface area contributed by atoms with Gasteiger partial charge in [0.15, 0.2) is 0 Å². The molecule has 0 saturated heterocycles. The first-order valence-corrected chi connectivity index (χ1v) is 4.84. The molecule has 0 aromatic heterocycles. The van der Waals surface area contributed by atoms with Crippen LogP contribution in [0.2, 0.25) is 5.02 Å². The number of hydrogen-bond donors (Lipinski definition) is 2. The first-order chi connectivity index (χ1) is 6.62. The molecule has 3 N–H and O–H groups in total. The first-order valence-electron chi connectivity index (χ1n) is 4.47. The molecule has 1 fully saturated rings. The van der Waals surface area contributed by atoms with E-state index in [1.165, 1.54) is 0 Å². The van der Waals surface area contributed by atoms with Gasteiger partial charge < -0.3 is 11.1 Å². The highest BCUT2D eigenvalue weighted by atomic mass is 35.5. The summed E-state index contributed by atoms with van der Waals surface area (Å²) < 4.78 is 0. The Labute approximate surface area is 99.4 Å². The van der Waals surface area contributed by atoms with Gasteiger partial charge in [-0.1, -0.05) is 23.7 Å². The topological polar surface area (TPSA) is 55.1 Å². The lowest BCUT2D eigenvalue weighted by atomic mass is 10.2. The van der Waals surface area contributed by atoms with Crippen LogP contribution in [0.1, 0.15) is 12.8 Å². The van der Waals surface area contributed by atoms with Crippen LogP contribution in [0.25, 0.3) is 0 Å². The predicted octanol–water partition coefficient (Wildman–Crippen LogP) is 2.19. The molecule has 1 aliphatic rings. The van der Waals surface area contributed by atoms with Crippen molar-refractivity contribution in [2.24, 2.45) is 5.73 Å². The molecule has 0 unspecified atom stereocenters. The van der Waals surface area contributed by atoms with Crippen LogP contribution >= 0.6 is 24.0 Å². The summed E-state index contributed by atoms with van der Waals surface area (Å²) in [4.78, 5) is 11.6. The number of halogens is 2. The fourth-order valence-corrected chi connectivity index (χ4v) is 1.35. The molecule has 0 radical (unpaired) electrons. The second kappa shape index (κ2) is 4.39. The third-order valence-electron chi connectivity index (χ3n) is 2.36. The van der Waals surface area contributed by atoms with Gasteiger partial charge in [0.2, 0.25) is 5.91 Å². The Balaban J connectivity index is 0.00000112. The zero-order chi connectivity index (χ0) is 10.2. The van der Waals surface area contributed by atoms with Gasteiger partial charge in [0, 0.05) is 0 Å². The molecule has 0 heterocycles. The van der Waals surface area contributed by atoms with E-state index in [1.54, 1.807) is 12.1 Å². The lowest BCUT2D eigenvalue weighted by molar-refractivity contribution is -0.118. The molecule has 82 valence electrons. The largest absolute Gasteiger partial charge is 0.323 e. The van der Waals surface area contributed by atoms with Crippen molar-refractivity contribution in [3.63, 3.8) is 0 Å². The van der Waals surface area contributed by atoms with Gasteiger partial charge in [-0.3, -0.25) is 4.79 Å². The van der Waals surface area contributed by atoms with Gasteiger partial charge in [0.1, 0.15) is 0 Å². The van der Waals surface area contributed by atoms with E-state index < -0.39 is 5.54 Å². The number of hydrogen-bond acceptors (Lipinski definition) is 2. The highest BCUT2D eigenvalue weighted by molar-refractivity contribution is 6.33. The lowest BCUT2D eigenvalue weighted by Gasteiger charge is -2.10. The zero-order valence-electron chi connectivity index (χ0n) is 8.00. The number of rotatable bonds is 2. The van der Waals surface area contributed by atoms with E-state index in [0.29, 0.717) is 10.7 Å². The standard InChI is InChI=1S/C10H11ClN2O.ClH/c11-7-3-1-2-4-8(7)13-9(14)10(12)5-6-10;/h1-4H,5-6,12H2,(H,13,14);1H. The molecule has 2 rings (SSSR count). The molecule has 0 aliphatic heterocycles. The minimum absolute atomic E-state index is 0. The van der Waals surface area contributed by atoms with Crippen molar-refractivity contribution in [3.05, 3.63) is 29.3 Å². The molecular formula is C10H12Cl2N2O. The molecule has 0 spiro atoms. The molecule has 1 aromatic rings. The molecular weight excluding hydrogens is 235 g/mol. The highest BCUT2D eigenvalue weighted by Crippen LogP contribution is 2.34. The van der Waals surface area contributed by atoms with Gasteiger partial charge in [-0.2, -0.15) is 0 Å². The number of carbonyl (C=O) groups excluding carboxylic acids is 1. The van der Waals surface area contributed by atoms with Crippen molar-refractivity contribution in [1.82, 2.24) is 0 Å². The molecule has 15 heavy (non-hydrogen) atoms. The smallest absolute Gasteiger partial charge is 0.244 e. The van der Waals surface area contributed by atoms with E-state index in [9.17, 15) is 4.79 Å². The second-order valence-electron chi connectivity index (χ2n) is 3.59. The summed E-state index contributed by atoms with van der Waals surface area (Å²) >= 11 is 5.88. The Hall–Kier alpha value is -0.770.